The van der Waals surface area contributed by atoms with E-state index in [1.807, 2.05) is 6.92 Å². The van der Waals surface area contributed by atoms with E-state index in [-0.39, 0.29) is 5.82 Å². The number of rotatable bonds is 3. The van der Waals surface area contributed by atoms with E-state index in [1.54, 1.807) is 23.9 Å². The van der Waals surface area contributed by atoms with Gasteiger partial charge >= 0.3 is 0 Å². The molecule has 66 valence electrons. The van der Waals surface area contributed by atoms with Gasteiger partial charge in [-0.1, -0.05) is 6.92 Å². The average Bonchev–Trinajstić information content (AvgIpc) is 2.09. The fraction of sp³-hybridized carbons (Fsp3) is 0.333. The van der Waals surface area contributed by atoms with Gasteiger partial charge < -0.3 is 5.73 Å². The zero-order valence-corrected chi connectivity index (χ0v) is 7.77. The Morgan fingerprint density at radius 3 is 2.50 bits per heavy atom. The van der Waals surface area contributed by atoms with Gasteiger partial charge in [-0.05, 0) is 24.3 Å². The Balaban J connectivity index is 2.58. The quantitative estimate of drug-likeness (QED) is 0.731. The lowest BCUT2D eigenvalue weighted by molar-refractivity contribution is 0.626. The lowest BCUT2D eigenvalue weighted by atomic mass is 10.3. The molecule has 0 saturated heterocycles. The molecule has 0 bridgehead atoms. The van der Waals surface area contributed by atoms with E-state index in [9.17, 15) is 4.39 Å². The van der Waals surface area contributed by atoms with Crippen LogP contribution >= 0.6 is 11.8 Å². The Labute approximate surface area is 76.2 Å². The highest BCUT2D eigenvalue weighted by Crippen LogP contribution is 2.22. The summed E-state index contributed by atoms with van der Waals surface area (Å²) in [6, 6.07) is 6.47. The molecule has 1 atom stereocenters. The number of hydrogen-bond donors (Lipinski definition) is 1. The van der Waals surface area contributed by atoms with Crippen molar-refractivity contribution in [2.24, 2.45) is 5.73 Å². The van der Waals surface area contributed by atoms with E-state index in [2.05, 4.69) is 0 Å². The van der Waals surface area contributed by atoms with Gasteiger partial charge in [-0.25, -0.2) is 4.39 Å². The van der Waals surface area contributed by atoms with Crippen molar-refractivity contribution in [2.45, 2.75) is 17.1 Å². The second kappa shape index (κ2) is 4.48. The van der Waals surface area contributed by atoms with Gasteiger partial charge in [-0.2, -0.15) is 0 Å². The number of benzene rings is 1. The Bertz CT molecular complexity index is 235. The summed E-state index contributed by atoms with van der Waals surface area (Å²) >= 11 is 1.66. The molecule has 0 aliphatic carbocycles. The lowest BCUT2D eigenvalue weighted by Crippen LogP contribution is -2.12. The van der Waals surface area contributed by atoms with Crippen molar-refractivity contribution in [1.82, 2.24) is 0 Å². The maximum atomic E-state index is 12.5. The van der Waals surface area contributed by atoms with Crippen molar-refractivity contribution in [1.29, 1.82) is 0 Å². The fourth-order valence-electron chi connectivity index (χ4n) is 0.794. The van der Waals surface area contributed by atoms with E-state index in [4.69, 9.17) is 5.73 Å². The molecule has 1 rings (SSSR count). The molecule has 1 nitrogen and oxygen atoms in total. The molecule has 2 N–H and O–H groups in total. The molecule has 0 heterocycles. The van der Waals surface area contributed by atoms with E-state index < -0.39 is 0 Å². The first kappa shape index (κ1) is 9.55. The molecule has 0 saturated carbocycles. The van der Waals surface area contributed by atoms with E-state index in [0.29, 0.717) is 11.8 Å². The standard InChI is InChI=1S/C9H12FNS/c1-7(6-11)12-9-4-2-8(10)3-5-9/h2-5,7H,6,11H2,1H3/t7-/m1/s1. The molecule has 0 fully saturated rings. The van der Waals surface area contributed by atoms with E-state index in [1.165, 1.54) is 12.1 Å². The predicted molar refractivity (Wildman–Crippen MR) is 50.8 cm³/mol. The van der Waals surface area contributed by atoms with Crippen LogP contribution in [-0.2, 0) is 0 Å². The molecule has 0 aromatic heterocycles. The summed E-state index contributed by atoms with van der Waals surface area (Å²) in [5.74, 6) is -0.195. The van der Waals surface area contributed by atoms with Crippen LogP contribution in [0.2, 0.25) is 0 Å². The average molecular weight is 185 g/mol. The molecule has 12 heavy (non-hydrogen) atoms. The van der Waals surface area contributed by atoms with Crippen molar-refractivity contribution in [3.8, 4) is 0 Å². The summed E-state index contributed by atoms with van der Waals surface area (Å²) in [6.07, 6.45) is 0. The van der Waals surface area contributed by atoms with Crippen molar-refractivity contribution in [3.05, 3.63) is 30.1 Å². The van der Waals surface area contributed by atoms with Gasteiger partial charge in [0.1, 0.15) is 5.82 Å². The Morgan fingerprint density at radius 2 is 2.00 bits per heavy atom. The van der Waals surface area contributed by atoms with Crippen molar-refractivity contribution in [3.63, 3.8) is 0 Å². The summed E-state index contributed by atoms with van der Waals surface area (Å²) in [6.45, 7) is 2.69. The van der Waals surface area contributed by atoms with Crippen LogP contribution in [-0.4, -0.2) is 11.8 Å². The van der Waals surface area contributed by atoms with Gasteiger partial charge in [0, 0.05) is 16.7 Å². The first-order valence-electron chi connectivity index (χ1n) is 3.84. The van der Waals surface area contributed by atoms with E-state index in [0.717, 1.165) is 4.90 Å². The predicted octanol–water partition coefficient (Wildman–Crippen LogP) is 2.27. The van der Waals surface area contributed by atoms with Gasteiger partial charge in [-0.3, -0.25) is 0 Å². The van der Waals surface area contributed by atoms with Crippen LogP contribution < -0.4 is 5.73 Å². The topological polar surface area (TPSA) is 26.0 Å². The number of halogens is 1. The third-order valence-corrected chi connectivity index (χ3v) is 2.62. The SMILES string of the molecule is C[C@H](CN)Sc1ccc(F)cc1. The minimum Gasteiger partial charge on any atom is -0.329 e. The van der Waals surface area contributed by atoms with Gasteiger partial charge in [-0.15, -0.1) is 11.8 Å². The van der Waals surface area contributed by atoms with Crippen LogP contribution in [0.5, 0.6) is 0 Å². The van der Waals surface area contributed by atoms with Crippen molar-refractivity contribution in [2.75, 3.05) is 6.54 Å². The molecule has 0 radical (unpaired) electrons. The molecule has 3 heteroatoms. The van der Waals surface area contributed by atoms with Crippen LogP contribution in [0.3, 0.4) is 0 Å². The van der Waals surface area contributed by atoms with Crippen LogP contribution in [0, 0.1) is 5.82 Å². The summed E-state index contributed by atoms with van der Waals surface area (Å²) < 4.78 is 12.5. The highest BCUT2D eigenvalue weighted by molar-refractivity contribution is 8.00. The molecule has 0 aliphatic rings. The van der Waals surface area contributed by atoms with Crippen molar-refractivity contribution < 1.29 is 4.39 Å². The molecule has 0 spiro atoms. The second-order valence-electron chi connectivity index (χ2n) is 2.62. The summed E-state index contributed by atoms with van der Waals surface area (Å²) in [5.41, 5.74) is 5.45. The second-order valence-corrected chi connectivity index (χ2v) is 4.13. The third kappa shape index (κ3) is 2.83. The molecule has 0 amide bonds. The summed E-state index contributed by atoms with van der Waals surface area (Å²) in [4.78, 5) is 1.06. The number of hydrogen-bond acceptors (Lipinski definition) is 2. The maximum absolute atomic E-state index is 12.5. The van der Waals surface area contributed by atoms with Crippen LogP contribution in [0.15, 0.2) is 29.2 Å². The zero-order valence-electron chi connectivity index (χ0n) is 6.96. The Hall–Kier alpha value is -0.540. The number of thioether (sulfide) groups is 1. The molecular weight excluding hydrogens is 173 g/mol. The minimum atomic E-state index is -0.195. The summed E-state index contributed by atoms with van der Waals surface area (Å²) in [5, 5.41) is 0.385. The molecule has 0 aliphatic heterocycles. The normalized spacial score (nSPS) is 12.9. The monoisotopic (exact) mass is 185 g/mol. The Kier molecular flexibility index (Phi) is 3.56. The van der Waals surface area contributed by atoms with Crippen LogP contribution in [0.1, 0.15) is 6.92 Å². The Morgan fingerprint density at radius 1 is 1.42 bits per heavy atom. The first-order valence-corrected chi connectivity index (χ1v) is 4.72. The highest BCUT2D eigenvalue weighted by Gasteiger charge is 2.00. The molecule has 0 unspecified atom stereocenters. The third-order valence-electron chi connectivity index (χ3n) is 1.48. The fourth-order valence-corrected chi connectivity index (χ4v) is 1.65. The first-order chi connectivity index (χ1) is 5.72. The zero-order chi connectivity index (χ0) is 8.97. The number of nitrogens with two attached hydrogens (primary N) is 1. The minimum absolute atomic E-state index is 0.195. The lowest BCUT2D eigenvalue weighted by Gasteiger charge is -2.06. The summed E-state index contributed by atoms with van der Waals surface area (Å²) in [7, 11) is 0. The smallest absolute Gasteiger partial charge is 0.123 e. The van der Waals surface area contributed by atoms with Gasteiger partial charge in [0.25, 0.3) is 0 Å². The van der Waals surface area contributed by atoms with Crippen LogP contribution in [0.25, 0.3) is 0 Å². The van der Waals surface area contributed by atoms with Gasteiger partial charge in [0.2, 0.25) is 0 Å². The molecule has 1 aromatic carbocycles. The van der Waals surface area contributed by atoms with Gasteiger partial charge in [0.15, 0.2) is 0 Å². The van der Waals surface area contributed by atoms with E-state index >= 15 is 0 Å². The van der Waals surface area contributed by atoms with Crippen LogP contribution in [0.4, 0.5) is 4.39 Å². The molecular formula is C9H12FNS. The van der Waals surface area contributed by atoms with Crippen molar-refractivity contribution >= 4 is 11.8 Å². The largest absolute Gasteiger partial charge is 0.329 e. The molecule has 1 aromatic rings. The maximum Gasteiger partial charge on any atom is 0.123 e. The van der Waals surface area contributed by atoms with Gasteiger partial charge in [0.05, 0.1) is 0 Å². The highest BCUT2D eigenvalue weighted by atomic mass is 32.2.